The second-order valence-electron chi connectivity index (χ2n) is 5.30. The number of halogens is 1. The number of ether oxygens (including phenoxy) is 2. The lowest BCUT2D eigenvalue weighted by atomic mass is 10.1. The Hall–Kier alpha value is -2.80. The SMILES string of the molecule is COc1cc(Br)cc(Nc2ccnc3cc(OC)c(C(N)=O)cc23)c1. The average Bonchev–Trinajstić information content (AvgIpc) is 2.60. The lowest BCUT2D eigenvalue weighted by Crippen LogP contribution is -2.12. The van der Waals surface area contributed by atoms with Crippen LogP contribution in [0.15, 0.2) is 47.1 Å². The summed E-state index contributed by atoms with van der Waals surface area (Å²) in [6.45, 7) is 0. The molecule has 3 aromatic rings. The van der Waals surface area contributed by atoms with Crippen molar-refractivity contribution in [1.29, 1.82) is 0 Å². The molecule has 0 aliphatic rings. The fourth-order valence-electron chi connectivity index (χ4n) is 2.55. The summed E-state index contributed by atoms with van der Waals surface area (Å²) in [6.07, 6.45) is 1.68. The van der Waals surface area contributed by atoms with Crippen LogP contribution in [0.2, 0.25) is 0 Å². The van der Waals surface area contributed by atoms with E-state index in [4.69, 9.17) is 15.2 Å². The van der Waals surface area contributed by atoms with Crippen molar-refractivity contribution in [2.24, 2.45) is 5.73 Å². The molecule has 0 saturated heterocycles. The predicted molar refractivity (Wildman–Crippen MR) is 101 cm³/mol. The molecule has 0 radical (unpaired) electrons. The highest BCUT2D eigenvalue weighted by Gasteiger charge is 2.13. The maximum Gasteiger partial charge on any atom is 0.252 e. The Kier molecular flexibility index (Phi) is 4.76. The number of hydrogen-bond donors (Lipinski definition) is 2. The summed E-state index contributed by atoms with van der Waals surface area (Å²) in [5.74, 6) is 0.557. The van der Waals surface area contributed by atoms with Gasteiger partial charge in [-0.1, -0.05) is 15.9 Å². The molecule has 0 saturated carbocycles. The van der Waals surface area contributed by atoms with Crippen molar-refractivity contribution in [2.75, 3.05) is 19.5 Å². The fraction of sp³-hybridized carbons (Fsp3) is 0.111. The number of anilines is 2. The number of carbonyl (C=O) groups is 1. The van der Waals surface area contributed by atoms with Crippen molar-refractivity contribution in [3.05, 3.63) is 52.6 Å². The summed E-state index contributed by atoms with van der Waals surface area (Å²) in [7, 11) is 3.10. The molecule has 1 heterocycles. The molecule has 0 spiro atoms. The van der Waals surface area contributed by atoms with Crippen LogP contribution in [0.25, 0.3) is 10.9 Å². The predicted octanol–water partition coefficient (Wildman–Crippen LogP) is 3.86. The zero-order valence-electron chi connectivity index (χ0n) is 13.7. The molecule has 0 fully saturated rings. The molecule has 1 aromatic heterocycles. The molecule has 3 rings (SSSR count). The number of carbonyl (C=O) groups excluding carboxylic acids is 1. The number of fused-ring (bicyclic) bond motifs is 1. The zero-order valence-corrected chi connectivity index (χ0v) is 15.3. The minimum Gasteiger partial charge on any atom is -0.497 e. The number of pyridine rings is 1. The number of hydrogen-bond acceptors (Lipinski definition) is 5. The lowest BCUT2D eigenvalue weighted by Gasteiger charge is -2.13. The highest BCUT2D eigenvalue weighted by atomic mass is 79.9. The van der Waals surface area contributed by atoms with Gasteiger partial charge >= 0.3 is 0 Å². The van der Waals surface area contributed by atoms with Crippen LogP contribution in [-0.4, -0.2) is 25.1 Å². The van der Waals surface area contributed by atoms with E-state index in [1.807, 2.05) is 24.3 Å². The van der Waals surface area contributed by atoms with Crippen LogP contribution >= 0.6 is 15.9 Å². The number of nitrogens with two attached hydrogens (primary N) is 1. The Bertz CT molecular complexity index is 960. The molecule has 0 atom stereocenters. The van der Waals surface area contributed by atoms with Crippen LogP contribution in [-0.2, 0) is 0 Å². The second-order valence-corrected chi connectivity index (χ2v) is 6.21. The fourth-order valence-corrected chi connectivity index (χ4v) is 3.02. The van der Waals surface area contributed by atoms with Gasteiger partial charge in [0.15, 0.2) is 0 Å². The van der Waals surface area contributed by atoms with E-state index < -0.39 is 5.91 Å². The molecular weight excluding hydrogens is 386 g/mol. The number of nitrogens with one attached hydrogen (secondary N) is 1. The number of benzene rings is 2. The zero-order chi connectivity index (χ0) is 18.0. The molecule has 2 aromatic carbocycles. The minimum absolute atomic E-state index is 0.304. The third kappa shape index (κ3) is 3.51. The van der Waals surface area contributed by atoms with Gasteiger partial charge in [0, 0.05) is 39.6 Å². The number of amides is 1. The van der Waals surface area contributed by atoms with Crippen LogP contribution < -0.4 is 20.5 Å². The smallest absolute Gasteiger partial charge is 0.252 e. The Labute approximate surface area is 153 Å². The van der Waals surface area contributed by atoms with E-state index in [-0.39, 0.29) is 0 Å². The van der Waals surface area contributed by atoms with E-state index in [1.54, 1.807) is 25.4 Å². The van der Waals surface area contributed by atoms with Crippen LogP contribution in [0.3, 0.4) is 0 Å². The monoisotopic (exact) mass is 401 g/mol. The quantitative estimate of drug-likeness (QED) is 0.677. The molecule has 7 heteroatoms. The van der Waals surface area contributed by atoms with E-state index in [0.717, 1.165) is 27.0 Å². The summed E-state index contributed by atoms with van der Waals surface area (Å²) in [4.78, 5) is 16.0. The van der Waals surface area contributed by atoms with E-state index >= 15 is 0 Å². The Morgan fingerprint density at radius 3 is 2.64 bits per heavy atom. The van der Waals surface area contributed by atoms with Gasteiger partial charge < -0.3 is 20.5 Å². The maximum atomic E-state index is 11.7. The van der Waals surface area contributed by atoms with Gasteiger partial charge in [-0.15, -0.1) is 0 Å². The standard InChI is InChI=1S/C18H16BrN3O3/c1-24-12-6-10(19)5-11(7-12)22-15-3-4-21-16-9-17(25-2)14(18(20)23)8-13(15)16/h3-9H,1-2H3,(H2,20,23)(H,21,22). The molecule has 3 N–H and O–H groups in total. The first kappa shape index (κ1) is 17.0. The second kappa shape index (κ2) is 6.98. The number of rotatable bonds is 5. The molecule has 0 aliphatic heterocycles. The summed E-state index contributed by atoms with van der Waals surface area (Å²) < 4.78 is 11.4. The van der Waals surface area contributed by atoms with Crippen molar-refractivity contribution in [2.45, 2.75) is 0 Å². The van der Waals surface area contributed by atoms with Crippen LogP contribution in [0, 0.1) is 0 Å². The highest BCUT2D eigenvalue weighted by Crippen LogP contribution is 2.32. The van der Waals surface area contributed by atoms with Crippen molar-refractivity contribution in [1.82, 2.24) is 4.98 Å². The molecule has 0 unspecified atom stereocenters. The van der Waals surface area contributed by atoms with Crippen molar-refractivity contribution in [3.8, 4) is 11.5 Å². The number of methoxy groups -OCH3 is 2. The Balaban J connectivity index is 2.12. The van der Waals surface area contributed by atoms with Crippen molar-refractivity contribution < 1.29 is 14.3 Å². The molecule has 25 heavy (non-hydrogen) atoms. The highest BCUT2D eigenvalue weighted by molar-refractivity contribution is 9.10. The van der Waals surface area contributed by atoms with Gasteiger partial charge in [-0.05, 0) is 24.3 Å². The van der Waals surface area contributed by atoms with Gasteiger partial charge in [-0.2, -0.15) is 0 Å². The number of nitrogens with zero attached hydrogens (tertiary/aromatic N) is 1. The van der Waals surface area contributed by atoms with Gasteiger partial charge in [0.2, 0.25) is 0 Å². The van der Waals surface area contributed by atoms with Gasteiger partial charge in [0.05, 0.1) is 25.3 Å². The molecular formula is C18H16BrN3O3. The van der Waals surface area contributed by atoms with Gasteiger partial charge in [0.25, 0.3) is 5.91 Å². The molecule has 0 aliphatic carbocycles. The van der Waals surface area contributed by atoms with Crippen molar-refractivity contribution >= 4 is 44.1 Å². The van der Waals surface area contributed by atoms with E-state index in [9.17, 15) is 4.79 Å². The third-order valence-electron chi connectivity index (χ3n) is 3.71. The number of primary amides is 1. The average molecular weight is 402 g/mol. The first-order valence-corrected chi connectivity index (χ1v) is 8.19. The molecule has 6 nitrogen and oxygen atoms in total. The van der Waals surface area contributed by atoms with E-state index in [2.05, 4.69) is 26.2 Å². The Morgan fingerprint density at radius 1 is 1.16 bits per heavy atom. The maximum absolute atomic E-state index is 11.7. The summed E-state index contributed by atoms with van der Waals surface area (Å²) in [5, 5.41) is 4.08. The van der Waals surface area contributed by atoms with Crippen LogP contribution in [0.1, 0.15) is 10.4 Å². The van der Waals surface area contributed by atoms with Gasteiger partial charge in [-0.3, -0.25) is 9.78 Å². The summed E-state index contributed by atoms with van der Waals surface area (Å²) in [5.41, 5.74) is 8.07. The van der Waals surface area contributed by atoms with Crippen LogP contribution in [0.5, 0.6) is 11.5 Å². The van der Waals surface area contributed by atoms with Crippen LogP contribution in [0.4, 0.5) is 11.4 Å². The molecule has 1 amide bonds. The summed E-state index contributed by atoms with van der Waals surface area (Å²) >= 11 is 3.46. The van der Waals surface area contributed by atoms with E-state index in [1.165, 1.54) is 7.11 Å². The molecule has 128 valence electrons. The minimum atomic E-state index is -0.558. The topological polar surface area (TPSA) is 86.5 Å². The van der Waals surface area contributed by atoms with E-state index in [0.29, 0.717) is 16.8 Å². The normalized spacial score (nSPS) is 10.5. The summed E-state index contributed by atoms with van der Waals surface area (Å²) in [6, 6.07) is 10.9. The van der Waals surface area contributed by atoms with Gasteiger partial charge in [0.1, 0.15) is 11.5 Å². The first-order valence-electron chi connectivity index (χ1n) is 7.40. The largest absolute Gasteiger partial charge is 0.497 e. The van der Waals surface area contributed by atoms with Gasteiger partial charge in [-0.25, -0.2) is 0 Å². The van der Waals surface area contributed by atoms with Crippen molar-refractivity contribution in [3.63, 3.8) is 0 Å². The number of aromatic nitrogens is 1. The first-order chi connectivity index (χ1) is 12.0. The Morgan fingerprint density at radius 2 is 1.96 bits per heavy atom. The third-order valence-corrected chi connectivity index (χ3v) is 4.17. The molecule has 0 bridgehead atoms. The lowest BCUT2D eigenvalue weighted by molar-refractivity contribution is 0.0997.